The fraction of sp³-hybridized carbons (Fsp3) is 0.429. The van der Waals surface area contributed by atoms with Gasteiger partial charge in [-0.2, -0.15) is 0 Å². The molecular formula is C14H24N2O3. The van der Waals surface area contributed by atoms with Crippen LogP contribution in [0.5, 0.6) is 0 Å². The third-order valence-electron chi connectivity index (χ3n) is 1.81. The lowest BCUT2D eigenvalue weighted by Gasteiger charge is -2.08. The number of carbonyl (C=O) groups is 2. The lowest BCUT2D eigenvalue weighted by molar-refractivity contribution is 0.0602. The summed E-state index contributed by atoms with van der Waals surface area (Å²) in [5.41, 5.74) is 0.743. The number of methoxy groups -OCH3 is 1. The molecular weight excluding hydrogens is 244 g/mol. The number of amides is 2. The number of hydrogen-bond acceptors (Lipinski definition) is 3. The molecule has 0 atom stereocenters. The Bertz CT molecular complexity index is 379. The maximum absolute atomic E-state index is 11.3. The molecule has 19 heavy (non-hydrogen) atoms. The highest BCUT2D eigenvalue weighted by molar-refractivity contribution is 6.00. The van der Waals surface area contributed by atoms with Gasteiger partial charge in [-0.1, -0.05) is 39.8 Å². The summed E-state index contributed by atoms with van der Waals surface area (Å²) >= 11 is 0. The van der Waals surface area contributed by atoms with Crippen molar-refractivity contribution in [1.82, 2.24) is 5.32 Å². The maximum Gasteiger partial charge on any atom is 0.339 e. The zero-order chi connectivity index (χ0) is 15.3. The molecule has 1 aromatic rings. The molecule has 1 aromatic carbocycles. The Morgan fingerprint density at radius 2 is 1.58 bits per heavy atom. The number of carbonyl (C=O) groups excluding carboxylic acids is 2. The minimum atomic E-state index is -0.484. The van der Waals surface area contributed by atoms with Crippen LogP contribution in [-0.4, -0.2) is 26.2 Å². The average Bonchev–Trinajstić information content (AvgIpc) is 2.51. The fourth-order valence-corrected chi connectivity index (χ4v) is 1.06. The largest absolute Gasteiger partial charge is 0.465 e. The Labute approximate surface area is 115 Å². The van der Waals surface area contributed by atoms with Crippen LogP contribution < -0.4 is 10.6 Å². The quantitative estimate of drug-likeness (QED) is 0.809. The second kappa shape index (κ2) is 12.4. The molecule has 0 spiro atoms. The van der Waals surface area contributed by atoms with Gasteiger partial charge in [0.05, 0.1) is 18.4 Å². The number of benzene rings is 1. The number of nitrogens with one attached hydrogen (secondary N) is 2. The molecule has 5 nitrogen and oxygen atoms in total. The van der Waals surface area contributed by atoms with Gasteiger partial charge in [-0.25, -0.2) is 9.59 Å². The predicted octanol–water partition coefficient (Wildman–Crippen LogP) is 3.28. The first-order valence-corrected chi connectivity index (χ1v) is 6.35. The van der Waals surface area contributed by atoms with E-state index < -0.39 is 5.97 Å². The van der Waals surface area contributed by atoms with Gasteiger partial charge in [0.15, 0.2) is 0 Å². The maximum atomic E-state index is 11.3. The highest BCUT2D eigenvalue weighted by Crippen LogP contribution is 2.15. The molecule has 0 unspecified atom stereocenters. The zero-order valence-electron chi connectivity index (χ0n) is 12.5. The molecule has 0 heterocycles. The van der Waals surface area contributed by atoms with Gasteiger partial charge in [0.2, 0.25) is 0 Å². The Balaban J connectivity index is 0. The van der Waals surface area contributed by atoms with E-state index in [2.05, 4.69) is 15.4 Å². The van der Waals surface area contributed by atoms with E-state index in [-0.39, 0.29) is 6.03 Å². The summed E-state index contributed by atoms with van der Waals surface area (Å²) in [5.74, 6) is -0.484. The SMILES string of the molecule is CC.CC.CNC(=O)Nc1ccccc1C(=O)OC. The van der Waals surface area contributed by atoms with Crippen LogP contribution in [0.2, 0.25) is 0 Å². The normalized spacial score (nSPS) is 7.89. The molecule has 0 aliphatic carbocycles. The van der Waals surface area contributed by atoms with Crippen molar-refractivity contribution < 1.29 is 14.3 Å². The van der Waals surface area contributed by atoms with Crippen LogP contribution in [0, 0.1) is 0 Å². The molecule has 0 aliphatic rings. The smallest absolute Gasteiger partial charge is 0.339 e. The third-order valence-corrected chi connectivity index (χ3v) is 1.81. The second-order valence-corrected chi connectivity index (χ2v) is 2.74. The number of hydrogen-bond donors (Lipinski definition) is 2. The highest BCUT2D eigenvalue weighted by atomic mass is 16.5. The van der Waals surface area contributed by atoms with E-state index in [4.69, 9.17) is 0 Å². The molecule has 0 aromatic heterocycles. The number of para-hydroxylation sites is 1. The molecule has 0 fully saturated rings. The van der Waals surface area contributed by atoms with Crippen molar-refractivity contribution in [3.63, 3.8) is 0 Å². The van der Waals surface area contributed by atoms with Crippen molar-refractivity contribution in [2.45, 2.75) is 27.7 Å². The molecule has 0 saturated heterocycles. The first kappa shape index (κ1) is 19.3. The van der Waals surface area contributed by atoms with Crippen molar-refractivity contribution in [3.05, 3.63) is 29.8 Å². The van der Waals surface area contributed by atoms with Crippen molar-refractivity contribution in [3.8, 4) is 0 Å². The summed E-state index contributed by atoms with van der Waals surface area (Å²) in [6, 6.07) is 6.24. The van der Waals surface area contributed by atoms with Crippen molar-refractivity contribution in [1.29, 1.82) is 0 Å². The minimum Gasteiger partial charge on any atom is -0.465 e. The van der Waals surface area contributed by atoms with Gasteiger partial charge in [0.1, 0.15) is 0 Å². The topological polar surface area (TPSA) is 67.4 Å². The Morgan fingerprint density at radius 3 is 2.05 bits per heavy atom. The van der Waals surface area contributed by atoms with Crippen LogP contribution in [0.1, 0.15) is 38.1 Å². The molecule has 2 amide bonds. The number of urea groups is 1. The number of rotatable bonds is 2. The molecule has 0 aliphatic heterocycles. The number of anilines is 1. The Morgan fingerprint density at radius 1 is 1.05 bits per heavy atom. The van der Waals surface area contributed by atoms with Gasteiger partial charge in [-0.3, -0.25) is 0 Å². The molecule has 1 rings (SSSR count). The van der Waals surface area contributed by atoms with E-state index in [1.165, 1.54) is 14.2 Å². The van der Waals surface area contributed by atoms with Gasteiger partial charge in [-0.05, 0) is 12.1 Å². The number of ether oxygens (including phenoxy) is 1. The molecule has 5 heteroatoms. The van der Waals surface area contributed by atoms with Gasteiger partial charge >= 0.3 is 12.0 Å². The Hall–Kier alpha value is -2.04. The lowest BCUT2D eigenvalue weighted by atomic mass is 10.2. The van der Waals surface area contributed by atoms with Gasteiger partial charge in [0.25, 0.3) is 0 Å². The van der Waals surface area contributed by atoms with Gasteiger partial charge in [-0.15, -0.1) is 0 Å². The summed E-state index contributed by atoms with van der Waals surface area (Å²) < 4.78 is 4.58. The summed E-state index contributed by atoms with van der Waals surface area (Å²) in [6.45, 7) is 8.00. The molecule has 108 valence electrons. The van der Waals surface area contributed by atoms with Crippen molar-refractivity contribution >= 4 is 17.7 Å². The Kier molecular flexibility index (Phi) is 12.6. The van der Waals surface area contributed by atoms with E-state index in [9.17, 15) is 9.59 Å². The third kappa shape index (κ3) is 7.08. The lowest BCUT2D eigenvalue weighted by Crippen LogP contribution is -2.25. The summed E-state index contributed by atoms with van der Waals surface area (Å²) in [7, 11) is 2.79. The van der Waals surface area contributed by atoms with E-state index in [1.54, 1.807) is 24.3 Å². The standard InChI is InChI=1S/C10H12N2O3.2C2H6/c1-11-10(14)12-8-6-4-3-5-7(8)9(13)15-2;2*1-2/h3-6H,1-2H3,(H2,11,12,14);2*1-2H3. The average molecular weight is 268 g/mol. The highest BCUT2D eigenvalue weighted by Gasteiger charge is 2.11. The zero-order valence-corrected chi connectivity index (χ0v) is 12.5. The summed E-state index contributed by atoms with van der Waals surface area (Å²) in [5, 5.41) is 4.92. The first-order chi connectivity index (χ1) is 9.19. The second-order valence-electron chi connectivity index (χ2n) is 2.74. The summed E-state index contributed by atoms with van der Waals surface area (Å²) in [6.07, 6.45) is 0. The fourth-order valence-electron chi connectivity index (χ4n) is 1.06. The minimum absolute atomic E-state index is 0.323. The van der Waals surface area contributed by atoms with E-state index in [0.717, 1.165) is 0 Å². The molecule has 0 radical (unpaired) electrons. The van der Waals surface area contributed by atoms with Crippen molar-refractivity contribution in [2.24, 2.45) is 0 Å². The summed E-state index contributed by atoms with van der Waals surface area (Å²) in [4.78, 5) is 22.4. The van der Waals surface area contributed by atoms with Crippen LogP contribution in [0.4, 0.5) is 10.5 Å². The van der Waals surface area contributed by atoms with E-state index in [0.29, 0.717) is 11.3 Å². The van der Waals surface area contributed by atoms with E-state index >= 15 is 0 Å². The van der Waals surface area contributed by atoms with Crippen LogP contribution in [-0.2, 0) is 4.74 Å². The van der Waals surface area contributed by atoms with E-state index in [1.807, 2.05) is 27.7 Å². The molecule has 0 bridgehead atoms. The van der Waals surface area contributed by atoms with Gasteiger partial charge < -0.3 is 15.4 Å². The van der Waals surface area contributed by atoms with Crippen LogP contribution in [0.15, 0.2) is 24.3 Å². The van der Waals surface area contributed by atoms with Gasteiger partial charge in [0, 0.05) is 7.05 Å². The van der Waals surface area contributed by atoms with Crippen molar-refractivity contribution in [2.75, 3.05) is 19.5 Å². The van der Waals surface area contributed by atoms with Crippen LogP contribution in [0.25, 0.3) is 0 Å². The monoisotopic (exact) mass is 268 g/mol. The molecule has 2 N–H and O–H groups in total. The van der Waals surface area contributed by atoms with Crippen LogP contribution in [0.3, 0.4) is 0 Å². The first-order valence-electron chi connectivity index (χ1n) is 6.35. The van der Waals surface area contributed by atoms with Crippen LogP contribution >= 0.6 is 0 Å². The predicted molar refractivity (Wildman–Crippen MR) is 78.6 cm³/mol. The molecule has 0 saturated carbocycles. The number of esters is 1.